The highest BCUT2D eigenvalue weighted by molar-refractivity contribution is 7.92. The van der Waals surface area contributed by atoms with Gasteiger partial charge in [0.05, 0.1) is 17.5 Å². The summed E-state index contributed by atoms with van der Waals surface area (Å²) in [6.45, 7) is 0. The number of rotatable bonds is 5. The summed E-state index contributed by atoms with van der Waals surface area (Å²) in [6.07, 6.45) is 6.11. The van der Waals surface area contributed by atoms with Gasteiger partial charge >= 0.3 is 0 Å². The van der Waals surface area contributed by atoms with Crippen molar-refractivity contribution in [3.63, 3.8) is 0 Å². The molecule has 2 aromatic carbocycles. The Morgan fingerprint density at radius 2 is 1.93 bits per heavy atom. The fourth-order valence-electron chi connectivity index (χ4n) is 3.19. The first kappa shape index (κ1) is 18.5. The molecule has 0 saturated heterocycles. The molecule has 8 heteroatoms. The predicted octanol–water partition coefficient (Wildman–Crippen LogP) is 4.22. The molecule has 0 saturated carbocycles. The summed E-state index contributed by atoms with van der Waals surface area (Å²) in [6, 6.07) is 16.9. The van der Waals surface area contributed by atoms with Gasteiger partial charge in [0.25, 0.3) is 0 Å². The fourth-order valence-corrected chi connectivity index (χ4v) is 3.75. The number of nitrogens with one attached hydrogen (secondary N) is 3. The molecule has 0 atom stereocenters. The first-order valence-corrected chi connectivity index (χ1v) is 10.6. The van der Waals surface area contributed by atoms with Crippen LogP contribution in [0.2, 0.25) is 0 Å². The van der Waals surface area contributed by atoms with E-state index < -0.39 is 10.0 Å². The molecule has 4 aromatic rings. The summed E-state index contributed by atoms with van der Waals surface area (Å²) >= 11 is 0. The normalized spacial score (nSPS) is 11.2. The Kier molecular flexibility index (Phi) is 4.66. The molecule has 0 bridgehead atoms. The number of nitrogens with zero attached hydrogens (tertiary/aromatic N) is 2. The number of anilines is 3. The van der Waals surface area contributed by atoms with Crippen LogP contribution in [0.1, 0.15) is 5.56 Å². The van der Waals surface area contributed by atoms with Crippen LogP contribution in [0.5, 0.6) is 0 Å². The molecule has 3 N–H and O–H groups in total. The van der Waals surface area contributed by atoms with Crippen molar-refractivity contribution in [1.29, 1.82) is 5.26 Å². The highest BCUT2D eigenvalue weighted by Gasteiger charge is 2.14. The number of H-pyrrole nitrogens is 1. The third-order valence-corrected chi connectivity index (χ3v) is 5.00. The van der Waals surface area contributed by atoms with Crippen LogP contribution in [0.25, 0.3) is 22.0 Å². The van der Waals surface area contributed by atoms with Gasteiger partial charge in [0.15, 0.2) is 0 Å². The van der Waals surface area contributed by atoms with Gasteiger partial charge < -0.3 is 10.3 Å². The Bertz CT molecular complexity index is 1350. The van der Waals surface area contributed by atoms with E-state index in [4.69, 9.17) is 0 Å². The monoisotopic (exact) mass is 403 g/mol. The van der Waals surface area contributed by atoms with Crippen LogP contribution in [0.3, 0.4) is 0 Å². The summed E-state index contributed by atoms with van der Waals surface area (Å²) < 4.78 is 25.6. The van der Waals surface area contributed by atoms with Crippen LogP contribution in [-0.4, -0.2) is 24.6 Å². The molecular weight excluding hydrogens is 386 g/mol. The number of fused-ring (bicyclic) bond motifs is 1. The lowest BCUT2D eigenvalue weighted by molar-refractivity contribution is 0.607. The van der Waals surface area contributed by atoms with Crippen molar-refractivity contribution in [1.82, 2.24) is 9.97 Å². The number of hydrogen-bond acceptors (Lipinski definition) is 5. The Hall–Kier alpha value is -3.83. The molecule has 4 rings (SSSR count). The van der Waals surface area contributed by atoms with Gasteiger partial charge in [-0.15, -0.1) is 0 Å². The molecule has 29 heavy (non-hydrogen) atoms. The number of benzene rings is 2. The van der Waals surface area contributed by atoms with Crippen molar-refractivity contribution in [2.75, 3.05) is 16.3 Å². The van der Waals surface area contributed by atoms with Crippen molar-refractivity contribution in [3.8, 4) is 17.2 Å². The molecule has 0 amide bonds. The average Bonchev–Trinajstić information content (AvgIpc) is 3.17. The molecule has 2 aromatic heterocycles. The van der Waals surface area contributed by atoms with E-state index in [9.17, 15) is 13.7 Å². The highest BCUT2D eigenvalue weighted by atomic mass is 32.2. The average molecular weight is 403 g/mol. The smallest absolute Gasteiger partial charge is 0.229 e. The van der Waals surface area contributed by atoms with Crippen LogP contribution in [0, 0.1) is 11.3 Å². The first-order valence-electron chi connectivity index (χ1n) is 8.74. The number of sulfonamides is 1. The second-order valence-electron chi connectivity index (χ2n) is 6.55. The van der Waals surface area contributed by atoms with Crippen LogP contribution in [0.4, 0.5) is 17.1 Å². The second-order valence-corrected chi connectivity index (χ2v) is 8.29. The van der Waals surface area contributed by atoms with E-state index in [-0.39, 0.29) is 0 Å². The van der Waals surface area contributed by atoms with Crippen molar-refractivity contribution in [3.05, 3.63) is 72.7 Å². The van der Waals surface area contributed by atoms with Gasteiger partial charge in [-0.2, -0.15) is 5.26 Å². The lowest BCUT2D eigenvalue weighted by atomic mass is 10.0. The standard InChI is InChI=1S/C21H17N5O2S/c1-29(27,28)26-16-5-2-4-14(10-16)18-13-23-12-15(11-22)21(18)25-20-7-3-6-19-17(20)8-9-24-19/h2-10,12-13,24,26H,1H3,(H,23,25). The van der Waals surface area contributed by atoms with E-state index in [0.717, 1.165) is 28.4 Å². The summed E-state index contributed by atoms with van der Waals surface area (Å²) in [5.74, 6) is 0. The van der Waals surface area contributed by atoms with Gasteiger partial charge in [-0.25, -0.2) is 8.42 Å². The summed E-state index contributed by atoms with van der Waals surface area (Å²) in [5.41, 5.74) is 4.66. The van der Waals surface area contributed by atoms with E-state index in [1.807, 2.05) is 36.5 Å². The van der Waals surface area contributed by atoms with Crippen LogP contribution < -0.4 is 10.0 Å². The van der Waals surface area contributed by atoms with Gasteiger partial charge in [0, 0.05) is 46.4 Å². The van der Waals surface area contributed by atoms with E-state index in [2.05, 4.69) is 26.1 Å². The SMILES string of the molecule is CS(=O)(=O)Nc1cccc(-c2cncc(C#N)c2Nc2cccc3[nH]ccc23)c1. The molecule has 0 spiro atoms. The number of nitriles is 1. The van der Waals surface area contributed by atoms with E-state index in [1.165, 1.54) is 6.20 Å². The topological polar surface area (TPSA) is 111 Å². The minimum Gasteiger partial charge on any atom is -0.361 e. The predicted molar refractivity (Wildman–Crippen MR) is 114 cm³/mol. The van der Waals surface area contributed by atoms with E-state index in [1.54, 1.807) is 24.4 Å². The zero-order valence-corrected chi connectivity index (χ0v) is 16.3. The molecular formula is C21H17N5O2S. The molecule has 0 aliphatic carbocycles. The van der Waals surface area contributed by atoms with Gasteiger partial charge in [-0.05, 0) is 35.9 Å². The number of aromatic nitrogens is 2. The quantitative estimate of drug-likeness (QED) is 0.462. The minimum absolute atomic E-state index is 0.386. The molecule has 7 nitrogen and oxygen atoms in total. The van der Waals surface area contributed by atoms with Gasteiger partial charge in [0.1, 0.15) is 6.07 Å². The second kappa shape index (κ2) is 7.30. The molecule has 0 aliphatic rings. The lowest BCUT2D eigenvalue weighted by Crippen LogP contribution is -2.09. The fraction of sp³-hybridized carbons (Fsp3) is 0.0476. The third-order valence-electron chi connectivity index (χ3n) is 4.40. The number of aromatic amines is 1. The highest BCUT2D eigenvalue weighted by Crippen LogP contribution is 2.35. The van der Waals surface area contributed by atoms with E-state index in [0.29, 0.717) is 22.5 Å². The number of pyridine rings is 1. The third kappa shape index (κ3) is 3.90. The van der Waals surface area contributed by atoms with Crippen molar-refractivity contribution in [2.45, 2.75) is 0 Å². The van der Waals surface area contributed by atoms with Crippen LogP contribution in [0.15, 0.2) is 67.1 Å². The number of hydrogen-bond donors (Lipinski definition) is 3. The zero-order chi connectivity index (χ0) is 20.4. The summed E-state index contributed by atoms with van der Waals surface area (Å²) in [7, 11) is -3.40. The first-order chi connectivity index (χ1) is 13.9. The molecule has 2 heterocycles. The Balaban J connectivity index is 1.83. The maximum atomic E-state index is 11.6. The molecule has 0 unspecified atom stereocenters. The molecule has 0 aliphatic heterocycles. The Morgan fingerprint density at radius 3 is 2.72 bits per heavy atom. The molecule has 0 radical (unpaired) electrons. The van der Waals surface area contributed by atoms with Crippen LogP contribution >= 0.6 is 0 Å². The summed E-state index contributed by atoms with van der Waals surface area (Å²) in [4.78, 5) is 7.35. The van der Waals surface area contributed by atoms with Crippen molar-refractivity contribution in [2.24, 2.45) is 0 Å². The zero-order valence-electron chi connectivity index (χ0n) is 15.5. The lowest BCUT2D eigenvalue weighted by Gasteiger charge is -2.15. The minimum atomic E-state index is -3.40. The van der Waals surface area contributed by atoms with Crippen molar-refractivity contribution < 1.29 is 8.42 Å². The Morgan fingerprint density at radius 1 is 1.10 bits per heavy atom. The largest absolute Gasteiger partial charge is 0.361 e. The van der Waals surface area contributed by atoms with Gasteiger partial charge in [-0.3, -0.25) is 9.71 Å². The maximum absolute atomic E-state index is 11.6. The maximum Gasteiger partial charge on any atom is 0.229 e. The summed E-state index contributed by atoms with van der Waals surface area (Å²) in [5, 5.41) is 14.0. The molecule has 144 valence electrons. The van der Waals surface area contributed by atoms with Gasteiger partial charge in [0.2, 0.25) is 10.0 Å². The Labute approximate surface area is 168 Å². The van der Waals surface area contributed by atoms with Crippen LogP contribution in [-0.2, 0) is 10.0 Å². The van der Waals surface area contributed by atoms with Crippen molar-refractivity contribution >= 4 is 38.0 Å². The van der Waals surface area contributed by atoms with E-state index >= 15 is 0 Å². The molecule has 0 fully saturated rings. The van der Waals surface area contributed by atoms with Gasteiger partial charge in [-0.1, -0.05) is 18.2 Å².